The van der Waals surface area contributed by atoms with Crippen molar-refractivity contribution in [2.45, 2.75) is 40.5 Å². The van der Waals surface area contributed by atoms with Crippen molar-refractivity contribution in [1.29, 1.82) is 0 Å². The van der Waals surface area contributed by atoms with Gasteiger partial charge in [0, 0.05) is 11.9 Å². The van der Waals surface area contributed by atoms with E-state index in [1.54, 1.807) is 0 Å². The quantitative estimate of drug-likeness (QED) is 0.591. The lowest BCUT2D eigenvalue weighted by atomic mass is 9.67. The molecule has 0 heterocycles. The van der Waals surface area contributed by atoms with Crippen LogP contribution in [0.15, 0.2) is 0 Å². The molecule has 0 aliphatic heterocycles. The van der Waals surface area contributed by atoms with E-state index in [1.165, 1.54) is 0 Å². The monoisotopic (exact) mass is 169 g/mol. The summed E-state index contributed by atoms with van der Waals surface area (Å²) in [6.45, 7) is 8.33. The Balaban J connectivity index is 2.93. The van der Waals surface area contributed by atoms with Crippen LogP contribution in [0.25, 0.3) is 0 Å². The first-order valence-electron chi connectivity index (χ1n) is 4.50. The molecule has 0 aromatic carbocycles. The summed E-state index contributed by atoms with van der Waals surface area (Å²) in [6.07, 6.45) is 1.75. The van der Waals surface area contributed by atoms with Gasteiger partial charge in [-0.05, 0) is 23.7 Å². The lowest BCUT2D eigenvalue weighted by Crippen LogP contribution is -2.41. The minimum Gasteiger partial charge on any atom is -0.550 e. The first-order chi connectivity index (χ1) is 5.29. The summed E-state index contributed by atoms with van der Waals surface area (Å²) in [7, 11) is 0. The predicted octanol–water partition coefficient (Wildman–Crippen LogP) is 1.20. The van der Waals surface area contributed by atoms with Crippen LogP contribution in [0.3, 0.4) is 0 Å². The summed E-state index contributed by atoms with van der Waals surface area (Å²) >= 11 is 0. The minimum atomic E-state index is -0.884. The van der Waals surface area contributed by atoms with Gasteiger partial charge in [0.25, 0.3) is 0 Å². The zero-order chi connectivity index (χ0) is 9.57. The zero-order valence-corrected chi connectivity index (χ0v) is 8.31. The van der Waals surface area contributed by atoms with Crippen LogP contribution in [-0.4, -0.2) is 5.97 Å². The molecular weight excluding hydrogens is 152 g/mol. The standard InChI is InChI=1S/C10H18O2/c1-9(2)6-5-7(8(11)12)10(9,3)4/h7H,5-6H2,1-4H3,(H,11,12)/p-1/t7-/m1/s1. The van der Waals surface area contributed by atoms with Gasteiger partial charge < -0.3 is 9.90 Å². The molecule has 1 rings (SSSR count). The highest BCUT2D eigenvalue weighted by atomic mass is 16.4. The van der Waals surface area contributed by atoms with E-state index in [0.717, 1.165) is 12.8 Å². The van der Waals surface area contributed by atoms with Gasteiger partial charge in [0.15, 0.2) is 0 Å². The number of hydrogen-bond donors (Lipinski definition) is 0. The third-order valence-corrected chi connectivity index (χ3v) is 3.96. The smallest absolute Gasteiger partial charge is 0.0450 e. The number of carboxylic acids is 1. The topological polar surface area (TPSA) is 40.1 Å². The van der Waals surface area contributed by atoms with Crippen LogP contribution < -0.4 is 5.11 Å². The van der Waals surface area contributed by atoms with Gasteiger partial charge in [0.1, 0.15) is 0 Å². The molecule has 0 spiro atoms. The van der Waals surface area contributed by atoms with E-state index in [9.17, 15) is 9.90 Å². The van der Waals surface area contributed by atoms with E-state index in [-0.39, 0.29) is 16.7 Å². The predicted molar refractivity (Wildman–Crippen MR) is 45.3 cm³/mol. The third-order valence-electron chi connectivity index (χ3n) is 3.96. The molecule has 70 valence electrons. The Kier molecular flexibility index (Phi) is 1.97. The Bertz CT molecular complexity index is 204. The summed E-state index contributed by atoms with van der Waals surface area (Å²) in [6, 6.07) is 0. The van der Waals surface area contributed by atoms with Crippen LogP contribution >= 0.6 is 0 Å². The molecule has 0 N–H and O–H groups in total. The maximum Gasteiger partial charge on any atom is 0.0450 e. The van der Waals surface area contributed by atoms with Crippen molar-refractivity contribution < 1.29 is 9.90 Å². The molecule has 1 aliphatic carbocycles. The molecule has 0 bridgehead atoms. The molecular formula is C10H17O2-. The average Bonchev–Trinajstić information content (AvgIpc) is 2.03. The van der Waals surface area contributed by atoms with Crippen molar-refractivity contribution in [3.05, 3.63) is 0 Å². The van der Waals surface area contributed by atoms with Gasteiger partial charge in [-0.2, -0.15) is 0 Å². The number of rotatable bonds is 1. The van der Waals surface area contributed by atoms with Crippen molar-refractivity contribution in [2.24, 2.45) is 16.7 Å². The SMILES string of the molecule is CC1(C)CC[C@H](C(=O)[O-])C1(C)C. The average molecular weight is 169 g/mol. The van der Waals surface area contributed by atoms with Crippen LogP contribution in [0, 0.1) is 16.7 Å². The van der Waals surface area contributed by atoms with E-state index in [1.807, 2.05) is 13.8 Å². The summed E-state index contributed by atoms with van der Waals surface area (Å²) in [5.74, 6) is -1.15. The number of aliphatic carboxylic acids is 1. The number of hydrogen-bond acceptors (Lipinski definition) is 2. The Labute approximate surface area is 74.0 Å². The van der Waals surface area contributed by atoms with Gasteiger partial charge in [0.05, 0.1) is 0 Å². The molecule has 0 aromatic heterocycles. The third kappa shape index (κ3) is 1.13. The van der Waals surface area contributed by atoms with Crippen LogP contribution in [0.5, 0.6) is 0 Å². The molecule has 2 nitrogen and oxygen atoms in total. The molecule has 1 atom stereocenters. The molecule has 0 unspecified atom stereocenters. The Morgan fingerprint density at radius 1 is 1.33 bits per heavy atom. The second kappa shape index (κ2) is 2.48. The van der Waals surface area contributed by atoms with Crippen molar-refractivity contribution in [3.63, 3.8) is 0 Å². The lowest BCUT2D eigenvalue weighted by molar-refractivity contribution is -0.315. The first-order valence-corrected chi connectivity index (χ1v) is 4.50. The summed E-state index contributed by atoms with van der Waals surface area (Å²) in [4.78, 5) is 10.8. The number of carboxylic acid groups (broad SMARTS) is 1. The van der Waals surface area contributed by atoms with Crippen molar-refractivity contribution >= 4 is 5.97 Å². The fraction of sp³-hybridized carbons (Fsp3) is 0.900. The summed E-state index contributed by atoms with van der Waals surface area (Å²) < 4.78 is 0. The van der Waals surface area contributed by atoms with Crippen molar-refractivity contribution in [1.82, 2.24) is 0 Å². The van der Waals surface area contributed by atoms with Gasteiger partial charge in [-0.15, -0.1) is 0 Å². The van der Waals surface area contributed by atoms with Gasteiger partial charge in [-0.1, -0.05) is 27.7 Å². The number of carbonyl (C=O) groups is 1. The van der Waals surface area contributed by atoms with Gasteiger partial charge >= 0.3 is 0 Å². The van der Waals surface area contributed by atoms with Crippen LogP contribution in [0.2, 0.25) is 0 Å². The molecule has 1 aliphatic rings. The summed E-state index contributed by atoms with van der Waals surface area (Å²) in [5.41, 5.74) is -0.0103. The first kappa shape index (κ1) is 9.56. The van der Waals surface area contributed by atoms with E-state index in [4.69, 9.17) is 0 Å². The lowest BCUT2D eigenvalue weighted by Gasteiger charge is -2.39. The molecule has 0 radical (unpaired) electrons. The molecule has 0 saturated heterocycles. The largest absolute Gasteiger partial charge is 0.550 e. The molecule has 0 amide bonds. The fourth-order valence-corrected chi connectivity index (χ4v) is 2.07. The van der Waals surface area contributed by atoms with Gasteiger partial charge in [-0.25, -0.2) is 0 Å². The van der Waals surface area contributed by atoms with E-state index < -0.39 is 5.97 Å². The Morgan fingerprint density at radius 2 is 1.83 bits per heavy atom. The Hall–Kier alpha value is -0.530. The molecule has 0 aromatic rings. The molecule has 1 fully saturated rings. The van der Waals surface area contributed by atoms with Gasteiger partial charge in [-0.3, -0.25) is 0 Å². The molecule has 12 heavy (non-hydrogen) atoms. The highest BCUT2D eigenvalue weighted by Crippen LogP contribution is 2.55. The van der Waals surface area contributed by atoms with E-state index in [0.29, 0.717) is 0 Å². The maximum absolute atomic E-state index is 10.8. The second-order valence-corrected chi connectivity index (χ2v) is 5.02. The highest BCUT2D eigenvalue weighted by molar-refractivity contribution is 5.69. The fourth-order valence-electron chi connectivity index (χ4n) is 2.07. The maximum atomic E-state index is 10.8. The normalized spacial score (nSPS) is 31.8. The molecule has 1 saturated carbocycles. The van der Waals surface area contributed by atoms with E-state index >= 15 is 0 Å². The minimum absolute atomic E-state index is 0.123. The van der Waals surface area contributed by atoms with Gasteiger partial charge in [0.2, 0.25) is 0 Å². The van der Waals surface area contributed by atoms with E-state index in [2.05, 4.69) is 13.8 Å². The highest BCUT2D eigenvalue weighted by Gasteiger charge is 2.48. The number of carbonyl (C=O) groups excluding carboxylic acids is 1. The van der Waals surface area contributed by atoms with Crippen LogP contribution in [0.4, 0.5) is 0 Å². The van der Waals surface area contributed by atoms with Crippen molar-refractivity contribution in [3.8, 4) is 0 Å². The van der Waals surface area contributed by atoms with Crippen LogP contribution in [0.1, 0.15) is 40.5 Å². The summed E-state index contributed by atoms with van der Waals surface area (Å²) in [5, 5.41) is 10.8. The molecule has 2 heteroatoms. The van der Waals surface area contributed by atoms with Crippen molar-refractivity contribution in [2.75, 3.05) is 0 Å². The Morgan fingerprint density at radius 3 is 2.00 bits per heavy atom. The second-order valence-electron chi connectivity index (χ2n) is 5.02. The zero-order valence-electron chi connectivity index (χ0n) is 8.31. The van der Waals surface area contributed by atoms with Crippen LogP contribution in [-0.2, 0) is 4.79 Å².